The Hall–Kier alpha value is -3.27. The second kappa shape index (κ2) is 14.0. The lowest BCUT2D eigenvalue weighted by molar-refractivity contribution is -0.122. The van der Waals surface area contributed by atoms with Crippen molar-refractivity contribution in [3.63, 3.8) is 0 Å². The van der Waals surface area contributed by atoms with Crippen LogP contribution in [0.2, 0.25) is 10.0 Å². The Morgan fingerprint density at radius 1 is 1.08 bits per heavy atom. The van der Waals surface area contributed by atoms with E-state index in [1.807, 2.05) is 6.92 Å². The number of carbonyl (C=O) groups is 2. The standard InChI is InChI=1S/C27H26BrCl2N3O5/c1-4-37-24-12-17(11-22(28)25(24)38-15-19-5-8-20(29)13-23(19)30)14-31-33-26(34)16(2)32-27(35)18-6-9-21(36-3)10-7-18/h5-14,16H,4,15H2,1-3H3,(H,32,35)(H,33,34). The van der Waals surface area contributed by atoms with Crippen molar-refractivity contribution in [2.24, 2.45) is 5.10 Å². The van der Waals surface area contributed by atoms with Crippen LogP contribution in [0.25, 0.3) is 0 Å². The fraction of sp³-hybridized carbons (Fsp3) is 0.222. The van der Waals surface area contributed by atoms with Crippen molar-refractivity contribution in [1.29, 1.82) is 0 Å². The molecule has 0 heterocycles. The molecular formula is C27H26BrCl2N3O5. The van der Waals surface area contributed by atoms with E-state index in [4.69, 9.17) is 37.4 Å². The Morgan fingerprint density at radius 3 is 2.47 bits per heavy atom. The van der Waals surface area contributed by atoms with Gasteiger partial charge in [-0.1, -0.05) is 29.3 Å². The molecule has 0 aliphatic heterocycles. The Labute approximate surface area is 239 Å². The molecule has 38 heavy (non-hydrogen) atoms. The summed E-state index contributed by atoms with van der Waals surface area (Å²) in [5.74, 6) is 0.743. The summed E-state index contributed by atoms with van der Waals surface area (Å²) in [4.78, 5) is 24.8. The van der Waals surface area contributed by atoms with Gasteiger partial charge in [0, 0.05) is 21.2 Å². The van der Waals surface area contributed by atoms with E-state index < -0.39 is 11.9 Å². The molecule has 0 spiro atoms. The number of hydrogen-bond acceptors (Lipinski definition) is 6. The van der Waals surface area contributed by atoms with Crippen molar-refractivity contribution >= 4 is 57.2 Å². The third-order valence-corrected chi connectivity index (χ3v) is 6.38. The smallest absolute Gasteiger partial charge is 0.262 e. The van der Waals surface area contributed by atoms with Gasteiger partial charge in [0.1, 0.15) is 18.4 Å². The fourth-order valence-corrected chi connectivity index (χ4v) is 4.25. The van der Waals surface area contributed by atoms with E-state index in [1.54, 1.807) is 68.6 Å². The van der Waals surface area contributed by atoms with Crippen LogP contribution in [0, 0.1) is 0 Å². The Kier molecular flexibility index (Phi) is 10.8. The molecule has 0 aromatic heterocycles. The average molecular weight is 623 g/mol. The molecule has 0 bridgehead atoms. The monoisotopic (exact) mass is 621 g/mol. The number of hydrogen-bond donors (Lipinski definition) is 2. The van der Waals surface area contributed by atoms with Gasteiger partial charge in [-0.05, 0) is 83.9 Å². The minimum Gasteiger partial charge on any atom is -0.497 e. The van der Waals surface area contributed by atoms with E-state index in [2.05, 4.69) is 31.8 Å². The van der Waals surface area contributed by atoms with Crippen molar-refractivity contribution < 1.29 is 23.8 Å². The quantitative estimate of drug-likeness (QED) is 0.202. The molecule has 0 fully saturated rings. The van der Waals surface area contributed by atoms with Gasteiger partial charge in [-0.25, -0.2) is 5.43 Å². The first-order chi connectivity index (χ1) is 18.2. The molecule has 2 N–H and O–H groups in total. The number of carbonyl (C=O) groups excluding carboxylic acids is 2. The SMILES string of the molecule is CCOc1cc(C=NNC(=O)C(C)NC(=O)c2ccc(OC)cc2)cc(Br)c1OCc1ccc(Cl)cc1Cl. The first-order valence-electron chi connectivity index (χ1n) is 11.5. The second-order valence-corrected chi connectivity index (χ2v) is 9.64. The summed E-state index contributed by atoms with van der Waals surface area (Å²) < 4.78 is 17.4. The Balaban J connectivity index is 1.62. The highest BCUT2D eigenvalue weighted by Gasteiger charge is 2.17. The van der Waals surface area contributed by atoms with Crippen LogP contribution in [-0.4, -0.2) is 37.8 Å². The summed E-state index contributed by atoms with van der Waals surface area (Å²) in [6, 6.07) is 14.4. The summed E-state index contributed by atoms with van der Waals surface area (Å²) in [6.07, 6.45) is 1.46. The maximum Gasteiger partial charge on any atom is 0.262 e. The number of rotatable bonds is 11. The van der Waals surface area contributed by atoms with E-state index in [0.29, 0.717) is 49.5 Å². The summed E-state index contributed by atoms with van der Waals surface area (Å²) in [6.45, 7) is 4.04. The van der Waals surface area contributed by atoms with Gasteiger partial charge < -0.3 is 19.5 Å². The van der Waals surface area contributed by atoms with Crippen molar-refractivity contribution in [1.82, 2.24) is 10.7 Å². The zero-order valence-electron chi connectivity index (χ0n) is 20.9. The molecule has 3 rings (SSSR count). The number of halogens is 3. The number of nitrogens with zero attached hydrogens (tertiary/aromatic N) is 1. The summed E-state index contributed by atoms with van der Waals surface area (Å²) in [7, 11) is 1.54. The predicted molar refractivity (Wildman–Crippen MR) is 152 cm³/mol. The molecule has 1 atom stereocenters. The topological polar surface area (TPSA) is 98.2 Å². The molecule has 1 unspecified atom stereocenters. The lowest BCUT2D eigenvalue weighted by Crippen LogP contribution is -2.43. The Morgan fingerprint density at radius 2 is 1.82 bits per heavy atom. The van der Waals surface area contributed by atoms with Gasteiger partial charge >= 0.3 is 0 Å². The predicted octanol–water partition coefficient (Wildman–Crippen LogP) is 6.01. The highest BCUT2D eigenvalue weighted by atomic mass is 79.9. The van der Waals surface area contributed by atoms with E-state index in [9.17, 15) is 9.59 Å². The molecule has 0 aliphatic rings. The van der Waals surface area contributed by atoms with Gasteiger partial charge in [0.2, 0.25) is 0 Å². The number of methoxy groups -OCH3 is 1. The first kappa shape index (κ1) is 29.3. The average Bonchev–Trinajstić information content (AvgIpc) is 2.89. The molecule has 0 aliphatic carbocycles. The van der Waals surface area contributed by atoms with E-state index in [0.717, 1.165) is 5.56 Å². The molecule has 3 aromatic carbocycles. The molecule has 3 aromatic rings. The van der Waals surface area contributed by atoms with Gasteiger partial charge in [-0.3, -0.25) is 9.59 Å². The van der Waals surface area contributed by atoms with Gasteiger partial charge in [-0.15, -0.1) is 0 Å². The van der Waals surface area contributed by atoms with Crippen LogP contribution in [0.5, 0.6) is 17.2 Å². The lowest BCUT2D eigenvalue weighted by atomic mass is 10.2. The van der Waals surface area contributed by atoms with Crippen molar-refractivity contribution in [2.75, 3.05) is 13.7 Å². The number of amides is 2. The largest absolute Gasteiger partial charge is 0.497 e. The molecule has 0 radical (unpaired) electrons. The zero-order valence-corrected chi connectivity index (χ0v) is 24.0. The molecular weight excluding hydrogens is 597 g/mol. The number of nitrogens with one attached hydrogen (secondary N) is 2. The van der Waals surface area contributed by atoms with Gasteiger partial charge in [-0.2, -0.15) is 5.10 Å². The first-order valence-corrected chi connectivity index (χ1v) is 13.1. The molecule has 2 amide bonds. The lowest BCUT2D eigenvalue weighted by Gasteiger charge is -2.15. The molecule has 8 nitrogen and oxygen atoms in total. The summed E-state index contributed by atoms with van der Waals surface area (Å²) >= 11 is 15.7. The van der Waals surface area contributed by atoms with Crippen molar-refractivity contribution in [3.8, 4) is 17.2 Å². The Bertz CT molecular complexity index is 1320. The van der Waals surface area contributed by atoms with Crippen LogP contribution >= 0.6 is 39.1 Å². The van der Waals surface area contributed by atoms with Crippen molar-refractivity contribution in [2.45, 2.75) is 26.5 Å². The van der Waals surface area contributed by atoms with Crippen LogP contribution in [0.3, 0.4) is 0 Å². The van der Waals surface area contributed by atoms with Gasteiger partial charge in [0.05, 0.1) is 24.4 Å². The minimum atomic E-state index is -0.817. The summed E-state index contributed by atoms with van der Waals surface area (Å²) in [5.41, 5.74) is 4.25. The van der Waals surface area contributed by atoms with Crippen LogP contribution in [0.4, 0.5) is 0 Å². The third-order valence-electron chi connectivity index (χ3n) is 5.20. The van der Waals surface area contributed by atoms with Gasteiger partial charge in [0.15, 0.2) is 11.5 Å². The van der Waals surface area contributed by atoms with E-state index in [-0.39, 0.29) is 12.5 Å². The normalized spacial score (nSPS) is 11.6. The van der Waals surface area contributed by atoms with E-state index >= 15 is 0 Å². The van der Waals surface area contributed by atoms with Crippen molar-refractivity contribution in [3.05, 3.63) is 85.8 Å². The van der Waals surface area contributed by atoms with E-state index in [1.165, 1.54) is 6.21 Å². The highest BCUT2D eigenvalue weighted by molar-refractivity contribution is 9.10. The maximum absolute atomic E-state index is 12.4. The highest BCUT2D eigenvalue weighted by Crippen LogP contribution is 2.37. The molecule has 200 valence electrons. The van der Waals surface area contributed by atoms with Crippen LogP contribution in [0.1, 0.15) is 35.3 Å². The fourth-order valence-electron chi connectivity index (χ4n) is 3.21. The second-order valence-electron chi connectivity index (χ2n) is 7.95. The van der Waals surface area contributed by atoms with Crippen LogP contribution < -0.4 is 25.0 Å². The number of hydrazone groups is 1. The van der Waals surface area contributed by atoms with Crippen LogP contribution in [-0.2, 0) is 11.4 Å². The number of ether oxygens (including phenoxy) is 3. The summed E-state index contributed by atoms with van der Waals surface area (Å²) in [5, 5.41) is 7.69. The molecule has 0 saturated heterocycles. The van der Waals surface area contributed by atoms with Crippen LogP contribution in [0.15, 0.2) is 64.2 Å². The molecule has 11 heteroatoms. The van der Waals surface area contributed by atoms with Gasteiger partial charge in [0.25, 0.3) is 11.8 Å². The number of benzene rings is 3. The molecule has 0 saturated carbocycles. The third kappa shape index (κ3) is 8.11. The minimum absolute atomic E-state index is 0.207. The zero-order chi connectivity index (χ0) is 27.7. The maximum atomic E-state index is 12.4.